The molecule has 1 rings (SSSR count). The maximum atomic E-state index is 11.2. The highest BCUT2D eigenvalue weighted by Crippen LogP contribution is 2.05. The highest BCUT2D eigenvalue weighted by molar-refractivity contribution is 7.91. The Labute approximate surface area is 104 Å². The summed E-state index contributed by atoms with van der Waals surface area (Å²) in [6.07, 6.45) is 1.77. The fraction of sp³-hybridized carbons (Fsp3) is 0.909. The molecular weight excluding hydrogens is 238 g/mol. The molecule has 0 aromatic heterocycles. The molecule has 0 aromatic carbocycles. The minimum Gasteiger partial charge on any atom is -0.302 e. The van der Waals surface area contributed by atoms with Crippen LogP contribution in [0.2, 0.25) is 0 Å². The van der Waals surface area contributed by atoms with Crippen molar-refractivity contribution in [3.63, 3.8) is 0 Å². The van der Waals surface area contributed by atoms with Gasteiger partial charge in [0.25, 0.3) is 0 Å². The first kappa shape index (κ1) is 14.4. The third-order valence-corrected chi connectivity index (χ3v) is 4.58. The average Bonchev–Trinajstić information content (AvgIpc) is 2.31. The van der Waals surface area contributed by atoms with Crippen LogP contribution in [0.25, 0.3) is 0 Å². The molecule has 0 spiro atoms. The molecule has 1 saturated heterocycles. The highest BCUT2D eigenvalue weighted by atomic mass is 32.2. The van der Waals surface area contributed by atoms with Crippen molar-refractivity contribution in [2.45, 2.75) is 25.8 Å². The van der Waals surface area contributed by atoms with Crippen molar-refractivity contribution < 1.29 is 8.42 Å². The molecular formula is C11H21N3O2S. The van der Waals surface area contributed by atoms with Crippen LogP contribution in [0.4, 0.5) is 0 Å². The molecule has 1 aliphatic heterocycles. The van der Waals surface area contributed by atoms with Gasteiger partial charge in [-0.1, -0.05) is 6.92 Å². The summed E-state index contributed by atoms with van der Waals surface area (Å²) in [7, 11) is -2.80. The van der Waals surface area contributed by atoms with Gasteiger partial charge in [-0.15, -0.1) is 0 Å². The van der Waals surface area contributed by atoms with Crippen LogP contribution >= 0.6 is 0 Å². The summed E-state index contributed by atoms with van der Waals surface area (Å²) >= 11 is 0. The van der Waals surface area contributed by atoms with Crippen LogP contribution < -0.4 is 5.32 Å². The maximum Gasteiger partial charge on any atom is 0.152 e. The van der Waals surface area contributed by atoms with Crippen molar-refractivity contribution in [3.8, 4) is 6.07 Å². The molecule has 0 aliphatic carbocycles. The Morgan fingerprint density at radius 1 is 1.41 bits per heavy atom. The molecule has 1 N–H and O–H groups in total. The Hall–Kier alpha value is -0.640. The molecule has 1 unspecified atom stereocenters. The second-order valence-corrected chi connectivity index (χ2v) is 6.72. The normalized spacial score (nSPS) is 21.9. The highest BCUT2D eigenvalue weighted by Gasteiger charge is 2.21. The standard InChI is InChI=1S/C11H21N3O2S/c1-2-4-13-11(10-12)3-5-14-6-8-17(15,16)9-7-14/h11,13H,2-9H2,1H3. The van der Waals surface area contributed by atoms with E-state index in [1.54, 1.807) is 0 Å². The third kappa shape index (κ3) is 5.48. The molecule has 0 radical (unpaired) electrons. The van der Waals surface area contributed by atoms with E-state index >= 15 is 0 Å². The molecule has 6 heteroatoms. The number of rotatable bonds is 6. The maximum absolute atomic E-state index is 11.2. The van der Waals surface area contributed by atoms with E-state index in [2.05, 4.69) is 23.2 Å². The first-order valence-corrected chi connectivity index (χ1v) is 7.95. The summed E-state index contributed by atoms with van der Waals surface area (Å²) in [5, 5.41) is 12.1. The van der Waals surface area contributed by atoms with Gasteiger partial charge in [-0.05, 0) is 19.4 Å². The van der Waals surface area contributed by atoms with E-state index in [1.807, 2.05) is 0 Å². The van der Waals surface area contributed by atoms with Gasteiger partial charge in [0.1, 0.15) is 0 Å². The van der Waals surface area contributed by atoms with E-state index in [0.29, 0.717) is 13.1 Å². The monoisotopic (exact) mass is 259 g/mol. The van der Waals surface area contributed by atoms with Gasteiger partial charge in [0, 0.05) is 19.6 Å². The largest absolute Gasteiger partial charge is 0.302 e. The predicted molar refractivity (Wildman–Crippen MR) is 67.4 cm³/mol. The van der Waals surface area contributed by atoms with Crippen molar-refractivity contribution in [1.82, 2.24) is 10.2 Å². The van der Waals surface area contributed by atoms with Crippen LogP contribution in [-0.4, -0.2) is 57.0 Å². The zero-order valence-corrected chi connectivity index (χ0v) is 11.2. The average molecular weight is 259 g/mol. The van der Waals surface area contributed by atoms with Gasteiger partial charge in [-0.2, -0.15) is 5.26 Å². The Kier molecular flexibility index (Phi) is 5.89. The summed E-state index contributed by atoms with van der Waals surface area (Å²) in [6, 6.07) is 2.12. The first-order chi connectivity index (χ1) is 8.07. The minimum atomic E-state index is -2.80. The van der Waals surface area contributed by atoms with Crippen molar-refractivity contribution in [3.05, 3.63) is 0 Å². The van der Waals surface area contributed by atoms with E-state index < -0.39 is 9.84 Å². The van der Waals surface area contributed by atoms with Gasteiger partial charge in [0.2, 0.25) is 0 Å². The van der Waals surface area contributed by atoms with Gasteiger partial charge in [0.15, 0.2) is 9.84 Å². The fourth-order valence-corrected chi connectivity index (χ4v) is 3.09. The zero-order valence-electron chi connectivity index (χ0n) is 10.4. The second-order valence-electron chi connectivity index (χ2n) is 4.42. The Bertz CT molecular complexity index is 347. The van der Waals surface area contributed by atoms with Crippen LogP contribution in [0.15, 0.2) is 0 Å². The van der Waals surface area contributed by atoms with Crippen LogP contribution in [0.5, 0.6) is 0 Å². The molecule has 17 heavy (non-hydrogen) atoms. The lowest BCUT2D eigenvalue weighted by Gasteiger charge is -2.27. The Balaban J connectivity index is 2.24. The topological polar surface area (TPSA) is 73.2 Å². The molecule has 98 valence electrons. The number of sulfone groups is 1. The van der Waals surface area contributed by atoms with Crippen LogP contribution in [0.3, 0.4) is 0 Å². The molecule has 0 saturated carbocycles. The van der Waals surface area contributed by atoms with Gasteiger partial charge in [0.05, 0.1) is 23.6 Å². The quantitative estimate of drug-likeness (QED) is 0.727. The molecule has 0 aromatic rings. The van der Waals surface area contributed by atoms with Crippen molar-refractivity contribution in [2.75, 3.05) is 37.7 Å². The summed E-state index contributed by atoms with van der Waals surface area (Å²) in [5.41, 5.74) is 0. The fourth-order valence-electron chi connectivity index (χ4n) is 1.82. The summed E-state index contributed by atoms with van der Waals surface area (Å²) < 4.78 is 22.5. The van der Waals surface area contributed by atoms with E-state index in [4.69, 9.17) is 5.26 Å². The second kappa shape index (κ2) is 6.94. The summed E-state index contributed by atoms with van der Waals surface area (Å²) in [6.45, 7) is 4.93. The van der Waals surface area contributed by atoms with E-state index in [1.165, 1.54) is 0 Å². The van der Waals surface area contributed by atoms with Gasteiger partial charge < -0.3 is 10.2 Å². The lowest BCUT2D eigenvalue weighted by Crippen LogP contribution is -2.42. The number of hydrogen-bond acceptors (Lipinski definition) is 5. The van der Waals surface area contributed by atoms with Crippen LogP contribution in [-0.2, 0) is 9.84 Å². The smallest absolute Gasteiger partial charge is 0.152 e. The Morgan fingerprint density at radius 3 is 2.59 bits per heavy atom. The third-order valence-electron chi connectivity index (χ3n) is 2.97. The van der Waals surface area contributed by atoms with Gasteiger partial charge in [-0.25, -0.2) is 8.42 Å². The number of nitrogens with one attached hydrogen (secondary N) is 1. The first-order valence-electron chi connectivity index (χ1n) is 6.13. The number of nitrogens with zero attached hydrogens (tertiary/aromatic N) is 2. The predicted octanol–water partition coefficient (Wildman–Crippen LogP) is -0.00132. The lowest BCUT2D eigenvalue weighted by atomic mass is 10.2. The number of hydrogen-bond donors (Lipinski definition) is 1. The molecule has 1 aliphatic rings. The van der Waals surface area contributed by atoms with Crippen molar-refractivity contribution in [2.24, 2.45) is 0 Å². The zero-order chi connectivity index (χ0) is 12.7. The van der Waals surface area contributed by atoms with E-state index in [9.17, 15) is 8.42 Å². The van der Waals surface area contributed by atoms with E-state index in [0.717, 1.165) is 25.9 Å². The van der Waals surface area contributed by atoms with E-state index in [-0.39, 0.29) is 17.5 Å². The molecule has 1 fully saturated rings. The molecule has 1 heterocycles. The Morgan fingerprint density at radius 2 is 2.06 bits per heavy atom. The van der Waals surface area contributed by atoms with Crippen molar-refractivity contribution in [1.29, 1.82) is 5.26 Å². The summed E-state index contributed by atoms with van der Waals surface area (Å²) in [4.78, 5) is 2.12. The summed E-state index contributed by atoms with van der Waals surface area (Å²) in [5.74, 6) is 0.513. The van der Waals surface area contributed by atoms with Gasteiger partial charge >= 0.3 is 0 Å². The van der Waals surface area contributed by atoms with Gasteiger partial charge in [-0.3, -0.25) is 0 Å². The molecule has 5 nitrogen and oxygen atoms in total. The minimum absolute atomic E-state index is 0.117. The molecule has 0 amide bonds. The lowest BCUT2D eigenvalue weighted by molar-refractivity contribution is 0.283. The number of nitriles is 1. The molecule has 1 atom stereocenters. The van der Waals surface area contributed by atoms with Crippen LogP contribution in [0.1, 0.15) is 19.8 Å². The SMILES string of the molecule is CCCNC(C#N)CCN1CCS(=O)(=O)CC1. The van der Waals surface area contributed by atoms with Crippen molar-refractivity contribution >= 4 is 9.84 Å². The van der Waals surface area contributed by atoms with Crippen LogP contribution in [0, 0.1) is 11.3 Å². The molecule has 0 bridgehead atoms.